The lowest BCUT2D eigenvalue weighted by molar-refractivity contribution is 0.234. The predicted octanol–water partition coefficient (Wildman–Crippen LogP) is 4.14. The van der Waals surface area contributed by atoms with Crippen LogP contribution in [0.4, 0.5) is 0 Å². The molecule has 0 saturated heterocycles. The summed E-state index contributed by atoms with van der Waals surface area (Å²) in [6.07, 6.45) is 5.39. The molecule has 0 amide bonds. The van der Waals surface area contributed by atoms with E-state index in [4.69, 9.17) is 9.47 Å². The van der Waals surface area contributed by atoms with Gasteiger partial charge in [-0.15, -0.1) is 0 Å². The van der Waals surface area contributed by atoms with Crippen LogP contribution in [0.3, 0.4) is 0 Å². The van der Waals surface area contributed by atoms with Gasteiger partial charge in [-0.05, 0) is 38.1 Å². The van der Waals surface area contributed by atoms with Crippen molar-refractivity contribution in [2.75, 3.05) is 0 Å². The van der Waals surface area contributed by atoms with Crippen LogP contribution >= 0.6 is 0 Å². The number of aromatic amines is 1. The van der Waals surface area contributed by atoms with Gasteiger partial charge in [-0.2, -0.15) is 0 Å². The number of ether oxygens (including phenoxy) is 2. The highest BCUT2D eigenvalue weighted by Crippen LogP contribution is 2.35. The summed E-state index contributed by atoms with van der Waals surface area (Å²) in [5, 5.41) is 1.09. The van der Waals surface area contributed by atoms with Crippen LogP contribution in [-0.2, 0) is 0 Å². The van der Waals surface area contributed by atoms with Crippen molar-refractivity contribution in [3.05, 3.63) is 48.9 Å². The topological polar surface area (TPSA) is 47.1 Å². The minimum Gasteiger partial charge on any atom is -0.487 e. The molecule has 3 rings (SSSR count). The maximum absolute atomic E-state index is 5.91. The van der Waals surface area contributed by atoms with Crippen molar-refractivity contribution in [3.8, 4) is 17.2 Å². The van der Waals surface area contributed by atoms with E-state index in [-0.39, 0.29) is 6.10 Å². The zero-order valence-corrected chi connectivity index (χ0v) is 11.5. The second-order valence-corrected chi connectivity index (χ2v) is 4.82. The third-order valence-electron chi connectivity index (χ3n) is 2.86. The first-order valence-electron chi connectivity index (χ1n) is 6.58. The number of benzene rings is 1. The van der Waals surface area contributed by atoms with Gasteiger partial charge in [-0.3, -0.25) is 4.98 Å². The van der Waals surface area contributed by atoms with Crippen molar-refractivity contribution < 1.29 is 9.47 Å². The van der Waals surface area contributed by atoms with Gasteiger partial charge in [-0.1, -0.05) is 0 Å². The number of hydrogen-bond donors (Lipinski definition) is 1. The Labute approximate surface area is 117 Å². The molecule has 1 aromatic carbocycles. The smallest absolute Gasteiger partial charge is 0.170 e. The van der Waals surface area contributed by atoms with E-state index in [1.807, 2.05) is 50.4 Å². The van der Waals surface area contributed by atoms with E-state index in [0.717, 1.165) is 22.4 Å². The van der Waals surface area contributed by atoms with Crippen LogP contribution in [0.25, 0.3) is 10.9 Å². The third kappa shape index (κ3) is 2.59. The molecule has 0 aliphatic heterocycles. The van der Waals surface area contributed by atoms with Crippen molar-refractivity contribution in [2.24, 2.45) is 0 Å². The molecule has 2 aromatic heterocycles. The summed E-state index contributed by atoms with van der Waals surface area (Å²) >= 11 is 0. The summed E-state index contributed by atoms with van der Waals surface area (Å²) < 4.78 is 11.7. The highest BCUT2D eigenvalue weighted by atomic mass is 16.5. The molecule has 4 nitrogen and oxygen atoms in total. The molecule has 0 atom stereocenters. The van der Waals surface area contributed by atoms with Crippen LogP contribution in [-0.4, -0.2) is 16.1 Å². The molecule has 20 heavy (non-hydrogen) atoms. The number of nitrogens with one attached hydrogen (secondary N) is 1. The van der Waals surface area contributed by atoms with Crippen LogP contribution < -0.4 is 9.47 Å². The normalized spacial score (nSPS) is 10.9. The molecule has 102 valence electrons. The Morgan fingerprint density at radius 1 is 1.05 bits per heavy atom. The first kappa shape index (κ1) is 12.5. The largest absolute Gasteiger partial charge is 0.487 e. The molecule has 4 heteroatoms. The van der Waals surface area contributed by atoms with Crippen LogP contribution in [0.1, 0.15) is 13.8 Å². The Hall–Kier alpha value is -2.49. The molecular weight excluding hydrogens is 252 g/mol. The molecule has 0 radical (unpaired) electrons. The number of nitrogens with zero attached hydrogens (tertiary/aromatic N) is 1. The predicted molar refractivity (Wildman–Crippen MR) is 78.4 cm³/mol. The van der Waals surface area contributed by atoms with Crippen LogP contribution in [0, 0.1) is 0 Å². The number of pyridine rings is 1. The lowest BCUT2D eigenvalue weighted by Gasteiger charge is -2.15. The maximum Gasteiger partial charge on any atom is 0.170 e. The van der Waals surface area contributed by atoms with E-state index < -0.39 is 0 Å². The Morgan fingerprint density at radius 2 is 1.85 bits per heavy atom. The fourth-order valence-electron chi connectivity index (χ4n) is 2.02. The van der Waals surface area contributed by atoms with Gasteiger partial charge in [0.1, 0.15) is 5.75 Å². The lowest BCUT2D eigenvalue weighted by atomic mass is 10.2. The molecule has 2 heterocycles. The number of rotatable bonds is 4. The summed E-state index contributed by atoms with van der Waals surface area (Å²) in [4.78, 5) is 7.16. The molecule has 0 aliphatic rings. The van der Waals surface area contributed by atoms with Gasteiger partial charge in [0.25, 0.3) is 0 Å². The Bertz CT molecular complexity index is 705. The molecule has 0 bridgehead atoms. The lowest BCUT2D eigenvalue weighted by Crippen LogP contribution is -2.06. The fourth-order valence-corrected chi connectivity index (χ4v) is 2.02. The Kier molecular flexibility index (Phi) is 3.29. The molecule has 0 saturated carbocycles. The third-order valence-corrected chi connectivity index (χ3v) is 2.86. The Morgan fingerprint density at radius 3 is 2.60 bits per heavy atom. The quantitative estimate of drug-likeness (QED) is 0.773. The van der Waals surface area contributed by atoms with Crippen molar-refractivity contribution in [1.29, 1.82) is 0 Å². The minimum atomic E-state index is 0.0854. The van der Waals surface area contributed by atoms with Gasteiger partial charge in [0.2, 0.25) is 0 Å². The van der Waals surface area contributed by atoms with Crippen molar-refractivity contribution >= 4 is 10.9 Å². The molecular formula is C16H16N2O2. The van der Waals surface area contributed by atoms with Crippen LogP contribution in [0.2, 0.25) is 0 Å². The van der Waals surface area contributed by atoms with Gasteiger partial charge in [0, 0.05) is 35.6 Å². The van der Waals surface area contributed by atoms with Crippen molar-refractivity contribution in [2.45, 2.75) is 20.0 Å². The molecule has 0 fully saturated rings. The monoisotopic (exact) mass is 268 g/mol. The molecule has 0 aliphatic carbocycles. The van der Waals surface area contributed by atoms with Gasteiger partial charge in [0.05, 0.1) is 6.10 Å². The first-order chi connectivity index (χ1) is 9.72. The first-order valence-corrected chi connectivity index (χ1v) is 6.58. The number of fused-ring (bicyclic) bond motifs is 1. The minimum absolute atomic E-state index is 0.0854. The maximum atomic E-state index is 5.91. The van der Waals surface area contributed by atoms with Gasteiger partial charge < -0.3 is 14.5 Å². The highest BCUT2D eigenvalue weighted by Gasteiger charge is 2.11. The number of aromatic nitrogens is 2. The van der Waals surface area contributed by atoms with E-state index in [9.17, 15) is 0 Å². The SMILES string of the molecule is CC(C)Oc1cc2[nH]ccc2cc1Oc1ccncc1. The summed E-state index contributed by atoms with van der Waals surface area (Å²) in [5.74, 6) is 2.17. The molecule has 3 aromatic rings. The number of hydrogen-bond acceptors (Lipinski definition) is 3. The van der Waals surface area contributed by atoms with E-state index in [0.29, 0.717) is 5.75 Å². The van der Waals surface area contributed by atoms with Crippen molar-refractivity contribution in [3.63, 3.8) is 0 Å². The fraction of sp³-hybridized carbons (Fsp3) is 0.188. The van der Waals surface area contributed by atoms with Crippen LogP contribution in [0.5, 0.6) is 17.2 Å². The van der Waals surface area contributed by atoms with E-state index in [1.165, 1.54) is 0 Å². The average molecular weight is 268 g/mol. The zero-order valence-electron chi connectivity index (χ0n) is 11.5. The number of H-pyrrole nitrogens is 1. The van der Waals surface area contributed by atoms with E-state index in [1.54, 1.807) is 12.4 Å². The van der Waals surface area contributed by atoms with Gasteiger partial charge >= 0.3 is 0 Å². The molecule has 0 unspecified atom stereocenters. The average Bonchev–Trinajstić information content (AvgIpc) is 2.86. The standard InChI is InChI=1S/C16H16N2O2/c1-11(2)19-16-10-14-12(3-8-18-14)9-15(16)20-13-4-6-17-7-5-13/h3-11,18H,1-2H3. The van der Waals surface area contributed by atoms with Gasteiger partial charge in [-0.25, -0.2) is 0 Å². The highest BCUT2D eigenvalue weighted by molar-refractivity contribution is 5.83. The summed E-state index contributed by atoms with van der Waals surface area (Å²) in [7, 11) is 0. The summed E-state index contributed by atoms with van der Waals surface area (Å²) in [6.45, 7) is 3.99. The molecule has 1 N–H and O–H groups in total. The van der Waals surface area contributed by atoms with E-state index >= 15 is 0 Å². The molecule has 0 spiro atoms. The summed E-state index contributed by atoms with van der Waals surface area (Å²) in [5.41, 5.74) is 1.03. The van der Waals surface area contributed by atoms with Crippen LogP contribution in [0.15, 0.2) is 48.9 Å². The summed E-state index contributed by atoms with van der Waals surface area (Å²) in [6, 6.07) is 9.59. The van der Waals surface area contributed by atoms with E-state index in [2.05, 4.69) is 9.97 Å². The Balaban J connectivity index is 2.02. The zero-order chi connectivity index (χ0) is 13.9. The second kappa shape index (κ2) is 5.25. The second-order valence-electron chi connectivity index (χ2n) is 4.82. The van der Waals surface area contributed by atoms with Gasteiger partial charge in [0.15, 0.2) is 11.5 Å². The van der Waals surface area contributed by atoms with Crippen molar-refractivity contribution in [1.82, 2.24) is 9.97 Å².